The van der Waals surface area contributed by atoms with Crippen molar-refractivity contribution in [2.45, 2.75) is 25.6 Å². The monoisotopic (exact) mass is 479 g/mol. The number of urea groups is 1. The lowest BCUT2D eigenvalue weighted by atomic mass is 9.83. The van der Waals surface area contributed by atoms with E-state index in [0.717, 1.165) is 6.20 Å². The van der Waals surface area contributed by atoms with Crippen molar-refractivity contribution in [2.24, 2.45) is 11.0 Å². The summed E-state index contributed by atoms with van der Waals surface area (Å²) in [5.74, 6) is -0.659. The number of nitrogens with one attached hydrogen (secondary N) is 1. The number of piperazine rings is 1. The number of amides is 2. The van der Waals surface area contributed by atoms with Gasteiger partial charge < -0.3 is 9.80 Å². The van der Waals surface area contributed by atoms with Gasteiger partial charge in [0.25, 0.3) is 0 Å². The van der Waals surface area contributed by atoms with Crippen LogP contribution in [0, 0.1) is 23.1 Å². The van der Waals surface area contributed by atoms with E-state index in [0.29, 0.717) is 49.8 Å². The number of alkyl halides is 1. The van der Waals surface area contributed by atoms with Gasteiger partial charge in [0, 0.05) is 50.9 Å². The molecule has 3 aliphatic rings. The van der Waals surface area contributed by atoms with Gasteiger partial charge >= 0.3 is 6.03 Å². The zero-order chi connectivity index (χ0) is 24.5. The summed E-state index contributed by atoms with van der Waals surface area (Å²) in [7, 11) is 0. The lowest BCUT2D eigenvalue weighted by Gasteiger charge is -2.38. The van der Waals surface area contributed by atoms with Crippen molar-refractivity contribution in [3.63, 3.8) is 0 Å². The molecule has 180 valence electrons. The summed E-state index contributed by atoms with van der Waals surface area (Å²) in [4.78, 5) is 25.3. The van der Waals surface area contributed by atoms with Crippen molar-refractivity contribution < 1.29 is 13.6 Å². The zero-order valence-electron chi connectivity index (χ0n) is 19.0. The first-order chi connectivity index (χ1) is 17.0. The SMILES string of the molecule is CC1C([C@@H]2CC=NN2C(=O)N2CCN(c3ncc(F)c(-c4cc[nH]n4)n3)CC2)=CC(C#N)=CC1F. The summed E-state index contributed by atoms with van der Waals surface area (Å²) in [5.41, 5.74) is 1.43. The molecule has 12 heteroatoms. The van der Waals surface area contributed by atoms with Crippen molar-refractivity contribution in [3.05, 3.63) is 47.6 Å². The number of nitrogens with zero attached hydrogens (tertiary/aromatic N) is 8. The van der Waals surface area contributed by atoms with Crippen LogP contribution in [0.25, 0.3) is 11.4 Å². The lowest BCUT2D eigenvalue weighted by molar-refractivity contribution is 0.141. The summed E-state index contributed by atoms with van der Waals surface area (Å²) in [6.07, 6.45) is 6.51. The van der Waals surface area contributed by atoms with Crippen LogP contribution in [0.5, 0.6) is 0 Å². The highest BCUT2D eigenvalue weighted by molar-refractivity contribution is 5.79. The van der Waals surface area contributed by atoms with E-state index in [1.165, 1.54) is 11.1 Å². The van der Waals surface area contributed by atoms with Crippen LogP contribution in [0.1, 0.15) is 13.3 Å². The molecule has 2 unspecified atom stereocenters. The fourth-order valence-corrected chi connectivity index (χ4v) is 4.53. The zero-order valence-corrected chi connectivity index (χ0v) is 19.0. The number of aromatic amines is 1. The van der Waals surface area contributed by atoms with E-state index in [2.05, 4.69) is 25.3 Å². The van der Waals surface area contributed by atoms with Crippen LogP contribution in [0.4, 0.5) is 19.5 Å². The van der Waals surface area contributed by atoms with Crippen molar-refractivity contribution >= 4 is 18.2 Å². The van der Waals surface area contributed by atoms with Gasteiger partial charge in [0.15, 0.2) is 5.82 Å². The lowest BCUT2D eigenvalue weighted by Crippen LogP contribution is -2.53. The van der Waals surface area contributed by atoms with Gasteiger partial charge in [-0.05, 0) is 23.8 Å². The first-order valence-electron chi connectivity index (χ1n) is 11.3. The average Bonchev–Trinajstić information content (AvgIpc) is 3.58. The van der Waals surface area contributed by atoms with Crippen LogP contribution in [0.2, 0.25) is 0 Å². The Kier molecular flexibility index (Phi) is 5.98. The molecule has 35 heavy (non-hydrogen) atoms. The maximum absolute atomic E-state index is 14.5. The molecular weight excluding hydrogens is 456 g/mol. The molecular formula is C23H23F2N9O. The van der Waals surface area contributed by atoms with Gasteiger partial charge in [-0.3, -0.25) is 5.10 Å². The second-order valence-electron chi connectivity index (χ2n) is 8.59. The normalized spacial score (nSPS) is 24.3. The van der Waals surface area contributed by atoms with E-state index in [4.69, 9.17) is 0 Å². The Morgan fingerprint density at radius 1 is 1.29 bits per heavy atom. The average molecular weight is 479 g/mol. The molecule has 0 bridgehead atoms. The predicted molar refractivity (Wildman–Crippen MR) is 123 cm³/mol. The molecule has 2 amide bonds. The summed E-state index contributed by atoms with van der Waals surface area (Å²) >= 11 is 0. The van der Waals surface area contributed by atoms with Crippen LogP contribution < -0.4 is 4.90 Å². The molecule has 5 rings (SSSR count). The van der Waals surface area contributed by atoms with Gasteiger partial charge in [0.1, 0.15) is 17.6 Å². The van der Waals surface area contributed by atoms with E-state index >= 15 is 0 Å². The highest BCUT2D eigenvalue weighted by Crippen LogP contribution is 2.34. The number of allylic oxidation sites excluding steroid dienone is 3. The summed E-state index contributed by atoms with van der Waals surface area (Å²) in [6, 6.07) is 2.91. The molecule has 2 aliphatic heterocycles. The molecule has 3 atom stereocenters. The maximum atomic E-state index is 14.5. The minimum atomic E-state index is -1.28. The number of halogens is 2. The highest BCUT2D eigenvalue weighted by Gasteiger charge is 2.38. The highest BCUT2D eigenvalue weighted by atomic mass is 19.1. The number of carbonyl (C=O) groups is 1. The van der Waals surface area contributed by atoms with Gasteiger partial charge in [-0.1, -0.05) is 6.92 Å². The van der Waals surface area contributed by atoms with E-state index in [1.807, 2.05) is 11.0 Å². The Morgan fingerprint density at radius 3 is 2.80 bits per heavy atom. The third kappa shape index (κ3) is 4.25. The van der Waals surface area contributed by atoms with Crippen molar-refractivity contribution in [1.82, 2.24) is 30.1 Å². The Balaban J connectivity index is 1.27. The quantitative estimate of drug-likeness (QED) is 0.723. The molecule has 0 saturated carbocycles. The van der Waals surface area contributed by atoms with Crippen LogP contribution in [-0.4, -0.2) is 80.7 Å². The van der Waals surface area contributed by atoms with Crippen molar-refractivity contribution in [3.8, 4) is 17.5 Å². The molecule has 4 heterocycles. The summed E-state index contributed by atoms with van der Waals surface area (Å²) in [5, 5.41) is 21.5. The van der Waals surface area contributed by atoms with Crippen LogP contribution in [0.15, 0.2) is 46.9 Å². The standard InChI is InChI=1S/C23H23F2N9O/c1-14-16(10-15(12-26)11-17(14)24)20-3-5-29-34(20)23(35)33-8-6-32(7-9-33)22-27-13-18(25)21(30-22)19-2-4-28-31-19/h2,4-5,10-11,13-14,17,20H,3,6-9H2,1H3,(H,28,31)/t14?,17?,20-/m0/s1. The Hall–Kier alpha value is -4.14. The van der Waals surface area contributed by atoms with E-state index in [-0.39, 0.29) is 17.3 Å². The molecule has 1 aliphatic carbocycles. The van der Waals surface area contributed by atoms with Gasteiger partial charge in [0.05, 0.1) is 23.9 Å². The molecule has 1 saturated heterocycles. The van der Waals surface area contributed by atoms with E-state index in [1.54, 1.807) is 36.4 Å². The molecule has 10 nitrogen and oxygen atoms in total. The topological polar surface area (TPSA) is 117 Å². The molecule has 0 aromatic carbocycles. The number of H-pyrrole nitrogens is 1. The second-order valence-corrected chi connectivity index (χ2v) is 8.59. The largest absolute Gasteiger partial charge is 0.341 e. The maximum Gasteiger partial charge on any atom is 0.341 e. The third-order valence-corrected chi connectivity index (χ3v) is 6.51. The van der Waals surface area contributed by atoms with Gasteiger partial charge in [-0.2, -0.15) is 15.5 Å². The smallest absolute Gasteiger partial charge is 0.337 e. The van der Waals surface area contributed by atoms with Gasteiger partial charge in [-0.25, -0.2) is 28.6 Å². The first kappa shape index (κ1) is 22.6. The number of nitriles is 1. The molecule has 2 aromatic heterocycles. The van der Waals surface area contributed by atoms with Crippen molar-refractivity contribution in [2.75, 3.05) is 31.1 Å². The Morgan fingerprint density at radius 2 is 2.09 bits per heavy atom. The Bertz CT molecular complexity index is 1240. The van der Waals surface area contributed by atoms with Gasteiger partial charge in [-0.15, -0.1) is 0 Å². The second kappa shape index (κ2) is 9.25. The van der Waals surface area contributed by atoms with E-state index < -0.39 is 23.9 Å². The molecule has 2 aromatic rings. The molecule has 1 fully saturated rings. The van der Waals surface area contributed by atoms with Crippen LogP contribution in [0.3, 0.4) is 0 Å². The molecule has 0 spiro atoms. The number of aromatic nitrogens is 4. The number of hydrogen-bond donors (Lipinski definition) is 1. The first-order valence-corrected chi connectivity index (χ1v) is 11.3. The number of hydrogen-bond acceptors (Lipinski definition) is 7. The number of rotatable bonds is 3. The van der Waals surface area contributed by atoms with Crippen LogP contribution in [-0.2, 0) is 0 Å². The predicted octanol–water partition coefficient (Wildman–Crippen LogP) is 2.67. The third-order valence-electron chi connectivity index (χ3n) is 6.51. The molecule has 1 N–H and O–H groups in total. The molecule has 0 radical (unpaired) electrons. The number of carbonyl (C=O) groups excluding carboxylic acids is 1. The minimum absolute atomic E-state index is 0.107. The minimum Gasteiger partial charge on any atom is -0.337 e. The van der Waals surface area contributed by atoms with E-state index in [9.17, 15) is 18.8 Å². The summed E-state index contributed by atoms with van der Waals surface area (Å²) < 4.78 is 28.7. The Labute approximate surface area is 200 Å². The van der Waals surface area contributed by atoms with Crippen LogP contribution >= 0.6 is 0 Å². The number of anilines is 1. The number of hydrazone groups is 1. The van der Waals surface area contributed by atoms with Crippen molar-refractivity contribution in [1.29, 1.82) is 5.26 Å². The summed E-state index contributed by atoms with van der Waals surface area (Å²) in [6.45, 7) is 3.43. The van der Waals surface area contributed by atoms with Gasteiger partial charge in [0.2, 0.25) is 5.95 Å². The fourth-order valence-electron chi connectivity index (χ4n) is 4.53. The fraction of sp³-hybridized carbons (Fsp3) is 0.391.